The summed E-state index contributed by atoms with van der Waals surface area (Å²) in [4.78, 5) is 22.7. The van der Waals surface area contributed by atoms with Gasteiger partial charge in [0, 0.05) is 0 Å². The summed E-state index contributed by atoms with van der Waals surface area (Å²) < 4.78 is 0. The molecular weight excluding hydrogens is 182 g/mol. The first-order valence-electron chi connectivity index (χ1n) is 0.783. The van der Waals surface area contributed by atoms with E-state index in [0.717, 1.165) is 0 Å². The average molecular weight is 186 g/mol. The predicted molar refractivity (Wildman–Crippen MR) is 33.9 cm³/mol. The maximum absolute atomic E-state index is 7.56. The van der Waals surface area contributed by atoms with Crippen molar-refractivity contribution in [2.45, 2.75) is 0 Å². The van der Waals surface area contributed by atoms with Crippen LogP contribution in [0.4, 0.5) is 0 Å². The largest absolute Gasteiger partial charge is 4.00 e. The van der Waals surface area contributed by atoms with Gasteiger partial charge in [0.25, 0.3) is 0 Å². The fraction of sp³-hybridized carbons (Fsp3) is 0. The fourth-order valence-electron chi connectivity index (χ4n) is 0. The van der Waals surface area contributed by atoms with E-state index >= 15 is 0 Å². The molecule has 3 nitrogen and oxygen atoms in total. The molecule has 8 heteroatoms. The second kappa shape index (κ2) is 8.63. The monoisotopic (exact) mass is 185 g/mol. The van der Waals surface area contributed by atoms with Gasteiger partial charge in [-0.1, -0.05) is 0 Å². The molecule has 0 aliphatic heterocycles. The van der Waals surface area contributed by atoms with Crippen molar-refractivity contribution < 1.29 is 33.5 Å². The molecule has 0 bridgehead atoms. The maximum Gasteiger partial charge on any atom is 4.00 e. The summed E-state index contributed by atoms with van der Waals surface area (Å²) >= 11 is 3.60. The van der Waals surface area contributed by atoms with Crippen LogP contribution >= 0.6 is 19.1 Å². The third-order valence-corrected chi connectivity index (χ3v) is 0. The van der Waals surface area contributed by atoms with Gasteiger partial charge < -0.3 is 14.7 Å². The van der Waals surface area contributed by atoms with Gasteiger partial charge in [-0.15, -0.1) is 12.4 Å². The summed E-state index contributed by atoms with van der Waals surface area (Å²) in [6.45, 7) is -3.81. The van der Waals surface area contributed by atoms with Crippen molar-refractivity contribution in [3.05, 3.63) is 0 Å². The van der Waals surface area contributed by atoms with E-state index in [2.05, 4.69) is 11.8 Å². The molecule has 0 saturated heterocycles. The zero-order valence-electron chi connectivity index (χ0n) is 4.11. The van der Waals surface area contributed by atoms with Crippen LogP contribution in [-0.4, -0.2) is 25.6 Å². The van der Waals surface area contributed by atoms with E-state index in [1.54, 1.807) is 0 Å². The average Bonchev–Trinajstić information content (AvgIpc) is 0.722. The Bertz CT molecular complexity index is 65.4. The molecule has 0 unspecified atom stereocenters. The van der Waals surface area contributed by atoms with Crippen LogP contribution in [0.3, 0.4) is 0 Å². The topological polar surface area (TPSA) is 60.7 Å². The Hall–Kier alpha value is 1.63. The van der Waals surface area contributed by atoms with Crippen LogP contribution in [0.15, 0.2) is 0 Å². The first-order valence-corrected chi connectivity index (χ1v) is 3.44. The van der Waals surface area contributed by atoms with Crippen molar-refractivity contribution in [3.8, 4) is 0 Å². The molecule has 0 aromatic heterocycles. The molecule has 0 radical (unpaired) electrons. The van der Waals surface area contributed by atoms with Gasteiger partial charge in [-0.25, -0.2) is 0 Å². The molecule has 0 amide bonds. The van der Waals surface area contributed by atoms with Gasteiger partial charge in [0.05, 0.1) is 0 Å². The first-order chi connectivity index (χ1) is 2.00. The van der Waals surface area contributed by atoms with Crippen LogP contribution in [0.25, 0.3) is 0 Å². The van der Waals surface area contributed by atoms with Gasteiger partial charge in [-0.2, -0.15) is 0 Å². The Morgan fingerprint density at radius 1 is 1.12 bits per heavy atom. The SMILES string of the molecule is Cl.OP(O)(O)=S.[Li+].[Si+4]. The second-order valence-corrected chi connectivity index (χ2v) is 3.01. The minimum absolute atomic E-state index is 0. The Kier molecular flexibility index (Phi) is 24.4. The third-order valence-electron chi connectivity index (χ3n) is 0. The molecular formula is H4ClLiO3PSSi+5. The molecule has 3 N–H and O–H groups in total. The minimum Gasteiger partial charge on any atom is -0.325 e. The van der Waals surface area contributed by atoms with Crippen LogP contribution in [0.1, 0.15) is 0 Å². The van der Waals surface area contributed by atoms with Crippen LogP contribution in [0.5, 0.6) is 0 Å². The number of hydrogen-bond donors (Lipinski definition) is 3. The Morgan fingerprint density at radius 2 is 1.12 bits per heavy atom. The van der Waals surface area contributed by atoms with Crippen LogP contribution in [0, 0.1) is 0 Å². The summed E-state index contributed by atoms with van der Waals surface area (Å²) in [5.41, 5.74) is 0. The molecule has 0 aromatic rings. The van der Waals surface area contributed by atoms with E-state index in [9.17, 15) is 0 Å². The first kappa shape index (κ1) is 22.6. The molecule has 0 rings (SSSR count). The van der Waals surface area contributed by atoms with Gasteiger partial charge in [0.15, 0.2) is 0 Å². The molecule has 0 aromatic carbocycles. The summed E-state index contributed by atoms with van der Waals surface area (Å²) in [5.74, 6) is 0. The van der Waals surface area contributed by atoms with E-state index in [1.165, 1.54) is 0 Å². The molecule has 0 fully saturated rings. The van der Waals surface area contributed by atoms with Crippen molar-refractivity contribution in [3.63, 3.8) is 0 Å². The van der Waals surface area contributed by atoms with Crippen LogP contribution in [0.2, 0.25) is 0 Å². The summed E-state index contributed by atoms with van der Waals surface area (Å²) in [6, 6.07) is 0. The van der Waals surface area contributed by atoms with E-state index in [0.29, 0.717) is 0 Å². The molecule has 0 aliphatic carbocycles. The number of halogens is 1. The van der Waals surface area contributed by atoms with E-state index in [-0.39, 0.29) is 42.2 Å². The normalized spacial score (nSPS) is 7.38. The van der Waals surface area contributed by atoms with Gasteiger partial charge in [-0.05, 0) is 11.8 Å². The Morgan fingerprint density at radius 3 is 1.12 bits per heavy atom. The van der Waals surface area contributed by atoms with Crippen molar-refractivity contribution in [2.75, 3.05) is 0 Å². The molecule has 40 valence electrons. The van der Waals surface area contributed by atoms with Gasteiger partial charge in [-0.3, -0.25) is 0 Å². The van der Waals surface area contributed by atoms with Gasteiger partial charge in [0.2, 0.25) is 0 Å². The van der Waals surface area contributed by atoms with E-state index in [1.807, 2.05) is 0 Å². The molecule has 0 saturated carbocycles. The molecule has 0 atom stereocenters. The Labute approximate surface area is 75.4 Å². The van der Waals surface area contributed by atoms with E-state index in [4.69, 9.17) is 14.7 Å². The third kappa shape index (κ3) is 126. The number of hydrogen-bond acceptors (Lipinski definition) is 1. The summed E-state index contributed by atoms with van der Waals surface area (Å²) in [7, 11) is 0. The smallest absolute Gasteiger partial charge is 0.325 e. The predicted octanol–water partition coefficient (Wildman–Crippen LogP) is -3.77. The zero-order valence-corrected chi connectivity index (χ0v) is 7.63. The van der Waals surface area contributed by atoms with Crippen LogP contribution in [-0.2, 0) is 11.8 Å². The quantitative estimate of drug-likeness (QED) is 0.268. The summed E-state index contributed by atoms with van der Waals surface area (Å²) in [6.07, 6.45) is 0. The van der Waals surface area contributed by atoms with Crippen molar-refractivity contribution in [1.29, 1.82) is 0 Å². The molecule has 0 spiro atoms. The maximum atomic E-state index is 7.56. The molecule has 0 aliphatic rings. The van der Waals surface area contributed by atoms with E-state index < -0.39 is 6.72 Å². The fourth-order valence-corrected chi connectivity index (χ4v) is 0. The molecule has 0 heterocycles. The van der Waals surface area contributed by atoms with Crippen molar-refractivity contribution in [1.82, 2.24) is 0 Å². The van der Waals surface area contributed by atoms with Crippen molar-refractivity contribution in [2.24, 2.45) is 0 Å². The van der Waals surface area contributed by atoms with Gasteiger partial charge in [0.1, 0.15) is 0 Å². The van der Waals surface area contributed by atoms with Crippen molar-refractivity contribution >= 4 is 41.9 Å². The zero-order chi connectivity index (χ0) is 4.50. The summed E-state index contributed by atoms with van der Waals surface area (Å²) in [5, 5.41) is 0. The molecule has 8 heavy (non-hydrogen) atoms. The second-order valence-electron chi connectivity index (χ2n) is 0.513. The Balaban J connectivity index is -0.0000000267. The number of rotatable bonds is 0. The van der Waals surface area contributed by atoms with Gasteiger partial charge >= 0.3 is 36.5 Å². The van der Waals surface area contributed by atoms with Crippen LogP contribution < -0.4 is 18.9 Å². The minimum atomic E-state index is -3.81. The standard InChI is InChI=1S/ClH.Li.H3O3PS.Si/c;;1-4(2,3)5;/h1H;;(H3,1,2,3,5);/q;+1;;+4.